The second-order valence-corrected chi connectivity index (χ2v) is 2.42. The van der Waals surface area contributed by atoms with Gasteiger partial charge in [-0.15, -0.1) is 0 Å². The van der Waals surface area contributed by atoms with Gasteiger partial charge in [-0.1, -0.05) is 0 Å². The molecule has 1 nitrogen and oxygen atoms in total. The highest BCUT2D eigenvalue weighted by Crippen LogP contribution is 2.14. The summed E-state index contributed by atoms with van der Waals surface area (Å²) in [5.74, 6) is 0. The van der Waals surface area contributed by atoms with Gasteiger partial charge in [0.1, 0.15) is 0 Å². The molecular weight excluding hydrogens is 88.1 g/mol. The van der Waals surface area contributed by atoms with E-state index in [9.17, 15) is 0 Å². The molecule has 0 saturated carbocycles. The van der Waals surface area contributed by atoms with Crippen LogP contribution in [0.15, 0.2) is 0 Å². The Balaban J connectivity index is 2.26. The van der Waals surface area contributed by atoms with Gasteiger partial charge < -0.3 is 4.74 Å². The minimum atomic E-state index is 0.648. The quantitative estimate of drug-likeness (QED) is 0.405. The number of aliphatic hydroxyl groups is 2. The van der Waals surface area contributed by atoms with Gasteiger partial charge >= 0.3 is 0 Å². The van der Waals surface area contributed by atoms with Crippen LogP contribution in [0.1, 0.15) is 26.7 Å². The zero-order valence-corrected chi connectivity index (χ0v) is 5.02. The molecule has 1 heteroatoms. The summed E-state index contributed by atoms with van der Waals surface area (Å²) in [6.07, 6.45) is 3.91. The van der Waals surface area contributed by atoms with Gasteiger partial charge in [-0.2, -0.15) is 0 Å². The summed E-state index contributed by atoms with van der Waals surface area (Å²) < 4.78 is 4.39. The Labute approximate surface area is 44.7 Å². The molecule has 0 bridgehead atoms. The molecule has 1 rings (SSSR count). The molecule has 1 aliphatic rings. The Morgan fingerprint density at radius 2 is 1.57 bits per heavy atom. The summed E-state index contributed by atoms with van der Waals surface area (Å²) in [7, 11) is 0. The van der Waals surface area contributed by atoms with E-state index >= 15 is 0 Å². The molecule has 0 spiro atoms. The Morgan fingerprint density at radius 3 is 1.71 bits per heavy atom. The molecule has 42 valence electrons. The Bertz CT molecular complexity index is 53.2. The first-order valence-electron chi connectivity index (χ1n) is 2.99. The minimum absolute atomic E-state index is 0.648. The van der Waals surface area contributed by atoms with Crippen molar-refractivity contribution in [3.63, 3.8) is 0 Å². The van der Waals surface area contributed by atoms with Gasteiger partial charge in [0, 0.05) is 26.7 Å². The van der Waals surface area contributed by atoms with Gasteiger partial charge in [-0.25, -0.2) is 0 Å². The maximum Gasteiger partial charge on any atom is 0.152 e. The van der Waals surface area contributed by atoms with E-state index in [4.69, 9.17) is 0 Å². The van der Waals surface area contributed by atoms with Gasteiger partial charge in [0.2, 0.25) is 0 Å². The third-order valence-electron chi connectivity index (χ3n) is 1.51. The Hall–Kier alpha value is -0.0400. The van der Waals surface area contributed by atoms with Crippen LogP contribution in [-0.2, 0) is 0 Å². The van der Waals surface area contributed by atoms with Crippen LogP contribution < -0.4 is 0 Å². The number of hydrogen-bond acceptors (Lipinski definition) is 0. The summed E-state index contributed by atoms with van der Waals surface area (Å²) in [4.78, 5) is 0. The van der Waals surface area contributed by atoms with Crippen LogP contribution in [0.3, 0.4) is 0 Å². The fourth-order valence-corrected chi connectivity index (χ4v) is 1.07. The van der Waals surface area contributed by atoms with Crippen molar-refractivity contribution in [3.05, 3.63) is 0 Å². The fraction of sp³-hybridized carbons (Fsp3) is 1.00. The van der Waals surface area contributed by atoms with E-state index in [0.29, 0.717) is 12.2 Å². The number of ether oxygens (including phenoxy) is 1. The lowest BCUT2D eigenvalue weighted by Crippen LogP contribution is -2.08. The van der Waals surface area contributed by atoms with Crippen LogP contribution in [0.5, 0.6) is 0 Å². The average Bonchev–Trinajstić information content (AvgIpc) is 1.87. The molecule has 1 N–H and O–H groups in total. The molecule has 1 heterocycles. The number of hydrogen-bond donors (Lipinski definition) is 0. The predicted octanol–water partition coefficient (Wildman–Crippen LogP) is 1.09. The van der Waals surface area contributed by atoms with Gasteiger partial charge in [0.25, 0.3) is 0 Å². The summed E-state index contributed by atoms with van der Waals surface area (Å²) in [5, 5.41) is 0. The van der Waals surface area contributed by atoms with Crippen LogP contribution in [0.2, 0.25) is 0 Å². The van der Waals surface area contributed by atoms with Crippen LogP contribution in [0, 0.1) is 0 Å². The smallest absolute Gasteiger partial charge is 0.152 e. The molecule has 1 aliphatic heterocycles. The SMILES string of the molecule is CC1CCC(C)[OH+]1. The summed E-state index contributed by atoms with van der Waals surface area (Å²) in [6, 6.07) is 0. The van der Waals surface area contributed by atoms with Crippen LogP contribution >= 0.6 is 0 Å². The van der Waals surface area contributed by atoms with Crippen molar-refractivity contribution in [2.75, 3.05) is 0 Å². The highest BCUT2D eigenvalue weighted by molar-refractivity contribution is 4.63. The third kappa shape index (κ3) is 1.16. The zero-order valence-electron chi connectivity index (χ0n) is 5.02. The first-order chi connectivity index (χ1) is 3.29. The normalized spacial score (nSPS) is 42.0. The molecule has 2 atom stereocenters. The maximum absolute atomic E-state index is 4.39. The molecule has 2 unspecified atom stereocenters. The Morgan fingerprint density at radius 1 is 1.14 bits per heavy atom. The van der Waals surface area contributed by atoms with E-state index in [1.54, 1.807) is 0 Å². The van der Waals surface area contributed by atoms with Crippen molar-refractivity contribution < 1.29 is 4.74 Å². The second-order valence-electron chi connectivity index (χ2n) is 2.42. The Kier molecular flexibility index (Phi) is 1.33. The predicted molar refractivity (Wildman–Crippen MR) is 30.4 cm³/mol. The molecule has 7 heavy (non-hydrogen) atoms. The second kappa shape index (κ2) is 1.83. The minimum Gasteiger partial charge on any atom is -0.430 e. The topological polar surface area (TPSA) is 12.8 Å². The van der Waals surface area contributed by atoms with E-state index < -0.39 is 0 Å². The molecular formula is C6H13O+. The van der Waals surface area contributed by atoms with E-state index in [2.05, 4.69) is 18.6 Å². The van der Waals surface area contributed by atoms with Gasteiger partial charge in [-0.3, -0.25) is 0 Å². The molecule has 0 aromatic carbocycles. The standard InChI is InChI=1S/C6H12O/c1-5-3-4-6(2)7-5/h5-6H,3-4H2,1-2H3/p+1. The van der Waals surface area contributed by atoms with Gasteiger partial charge in [0.05, 0.1) is 0 Å². The van der Waals surface area contributed by atoms with Crippen LogP contribution in [0.4, 0.5) is 0 Å². The highest BCUT2D eigenvalue weighted by atomic mass is 16.5. The molecule has 0 aromatic heterocycles. The van der Waals surface area contributed by atoms with Crippen molar-refractivity contribution in [2.24, 2.45) is 0 Å². The van der Waals surface area contributed by atoms with Crippen molar-refractivity contribution >= 4 is 0 Å². The van der Waals surface area contributed by atoms with Crippen molar-refractivity contribution in [3.8, 4) is 0 Å². The molecule has 0 aliphatic carbocycles. The third-order valence-corrected chi connectivity index (χ3v) is 1.51. The van der Waals surface area contributed by atoms with E-state index in [1.165, 1.54) is 12.8 Å². The van der Waals surface area contributed by atoms with Crippen LogP contribution in [-0.4, -0.2) is 16.9 Å². The number of rotatable bonds is 0. The first-order valence-corrected chi connectivity index (χ1v) is 2.99. The fourth-order valence-electron chi connectivity index (χ4n) is 1.07. The lowest BCUT2D eigenvalue weighted by molar-refractivity contribution is -0.0979. The molecule has 1 fully saturated rings. The molecule has 0 amide bonds. The van der Waals surface area contributed by atoms with Gasteiger partial charge in [0.15, 0.2) is 12.2 Å². The van der Waals surface area contributed by atoms with E-state index in [1.807, 2.05) is 0 Å². The first kappa shape index (κ1) is 5.10. The largest absolute Gasteiger partial charge is 0.430 e. The summed E-state index contributed by atoms with van der Waals surface area (Å²) >= 11 is 0. The van der Waals surface area contributed by atoms with E-state index in [-0.39, 0.29) is 0 Å². The average molecular weight is 101 g/mol. The van der Waals surface area contributed by atoms with Crippen molar-refractivity contribution in [1.82, 2.24) is 0 Å². The molecule has 0 radical (unpaired) electrons. The molecule has 0 aromatic rings. The lowest BCUT2D eigenvalue weighted by atomic mass is 10.2. The van der Waals surface area contributed by atoms with Crippen LogP contribution in [0.25, 0.3) is 0 Å². The summed E-state index contributed by atoms with van der Waals surface area (Å²) in [5.41, 5.74) is 0. The lowest BCUT2D eigenvalue weighted by Gasteiger charge is -1.98. The monoisotopic (exact) mass is 101 g/mol. The molecule has 1 saturated heterocycles. The highest BCUT2D eigenvalue weighted by Gasteiger charge is 2.21. The van der Waals surface area contributed by atoms with E-state index in [0.717, 1.165) is 0 Å². The maximum atomic E-state index is 4.39. The summed E-state index contributed by atoms with van der Waals surface area (Å²) in [6.45, 7) is 4.37. The van der Waals surface area contributed by atoms with Crippen molar-refractivity contribution in [1.29, 1.82) is 0 Å². The zero-order chi connectivity index (χ0) is 5.28. The van der Waals surface area contributed by atoms with Crippen molar-refractivity contribution in [2.45, 2.75) is 38.9 Å². The van der Waals surface area contributed by atoms with Gasteiger partial charge in [-0.05, 0) is 0 Å².